The van der Waals surface area contributed by atoms with Crippen LogP contribution in [-0.4, -0.2) is 39.8 Å². The number of carboxylic acids is 1. The third-order valence-corrected chi connectivity index (χ3v) is 2.82. The Labute approximate surface area is 107 Å². The first kappa shape index (κ1) is 16.8. The fourth-order valence-corrected chi connectivity index (χ4v) is 1.74. The van der Waals surface area contributed by atoms with E-state index in [4.69, 9.17) is 10.2 Å². The van der Waals surface area contributed by atoms with Crippen molar-refractivity contribution in [3.63, 3.8) is 0 Å². The van der Waals surface area contributed by atoms with Gasteiger partial charge < -0.3 is 15.3 Å². The van der Waals surface area contributed by atoms with Gasteiger partial charge in [-0.05, 0) is 32.6 Å². The molecule has 0 aromatic heterocycles. The zero-order chi connectivity index (χ0) is 14.3. The standard InChI is InChI=1S/C13H22O5/c1-8(2)5-4-6-9(3)11(13(17)18)12(16)10(15)7-14/h5,9-11,14-15H,4,6-7H2,1-3H3,(H,17,18). The topological polar surface area (TPSA) is 94.8 Å². The second-order valence-electron chi connectivity index (χ2n) is 4.75. The molecule has 5 heteroatoms. The predicted molar refractivity (Wildman–Crippen MR) is 67.1 cm³/mol. The maximum atomic E-state index is 11.6. The van der Waals surface area contributed by atoms with Gasteiger partial charge in [0.15, 0.2) is 5.78 Å². The summed E-state index contributed by atoms with van der Waals surface area (Å²) < 4.78 is 0. The van der Waals surface area contributed by atoms with E-state index in [0.29, 0.717) is 12.8 Å². The summed E-state index contributed by atoms with van der Waals surface area (Å²) in [6.07, 6.45) is 1.60. The van der Waals surface area contributed by atoms with Crippen molar-refractivity contribution >= 4 is 11.8 Å². The third-order valence-electron chi connectivity index (χ3n) is 2.82. The van der Waals surface area contributed by atoms with Crippen LogP contribution in [0.3, 0.4) is 0 Å². The van der Waals surface area contributed by atoms with E-state index in [1.165, 1.54) is 0 Å². The number of rotatable bonds is 8. The molecule has 0 aliphatic rings. The molecule has 3 unspecified atom stereocenters. The van der Waals surface area contributed by atoms with Gasteiger partial charge in [-0.15, -0.1) is 0 Å². The van der Waals surface area contributed by atoms with Gasteiger partial charge in [0.1, 0.15) is 12.0 Å². The molecule has 0 spiro atoms. The van der Waals surface area contributed by atoms with Gasteiger partial charge in [0.2, 0.25) is 0 Å². The van der Waals surface area contributed by atoms with Crippen molar-refractivity contribution in [2.24, 2.45) is 11.8 Å². The number of hydrogen-bond donors (Lipinski definition) is 3. The smallest absolute Gasteiger partial charge is 0.314 e. The van der Waals surface area contributed by atoms with Crippen LogP contribution in [0.2, 0.25) is 0 Å². The average Bonchev–Trinajstić information content (AvgIpc) is 2.26. The lowest BCUT2D eigenvalue weighted by Crippen LogP contribution is -2.38. The van der Waals surface area contributed by atoms with Crippen molar-refractivity contribution in [1.29, 1.82) is 0 Å². The number of hydrogen-bond acceptors (Lipinski definition) is 4. The van der Waals surface area contributed by atoms with Crippen LogP contribution < -0.4 is 0 Å². The summed E-state index contributed by atoms with van der Waals surface area (Å²) in [5.74, 6) is -3.73. The lowest BCUT2D eigenvalue weighted by Gasteiger charge is -2.20. The summed E-state index contributed by atoms with van der Waals surface area (Å²) in [4.78, 5) is 22.7. The largest absolute Gasteiger partial charge is 0.481 e. The first-order chi connectivity index (χ1) is 8.31. The summed E-state index contributed by atoms with van der Waals surface area (Å²) in [6.45, 7) is 4.81. The Morgan fingerprint density at radius 3 is 2.22 bits per heavy atom. The first-order valence-corrected chi connectivity index (χ1v) is 6.00. The van der Waals surface area contributed by atoms with Gasteiger partial charge in [-0.3, -0.25) is 9.59 Å². The predicted octanol–water partition coefficient (Wildman–Crippen LogP) is 0.992. The van der Waals surface area contributed by atoms with Gasteiger partial charge in [0.05, 0.1) is 6.61 Å². The van der Waals surface area contributed by atoms with Crippen molar-refractivity contribution in [1.82, 2.24) is 0 Å². The number of carbonyl (C=O) groups excluding carboxylic acids is 1. The normalized spacial score (nSPS) is 15.6. The number of carbonyl (C=O) groups is 2. The second-order valence-corrected chi connectivity index (χ2v) is 4.75. The fourth-order valence-electron chi connectivity index (χ4n) is 1.74. The molecule has 0 saturated heterocycles. The zero-order valence-electron chi connectivity index (χ0n) is 11.1. The highest BCUT2D eigenvalue weighted by Crippen LogP contribution is 2.21. The van der Waals surface area contributed by atoms with Crippen LogP contribution in [0.15, 0.2) is 11.6 Å². The molecule has 0 fully saturated rings. The van der Waals surface area contributed by atoms with Crippen molar-refractivity contribution in [2.45, 2.75) is 39.7 Å². The van der Waals surface area contributed by atoms with Gasteiger partial charge in [-0.1, -0.05) is 18.6 Å². The number of ketones is 1. The molecule has 0 aliphatic carbocycles. The van der Waals surface area contributed by atoms with Crippen molar-refractivity contribution < 1.29 is 24.9 Å². The monoisotopic (exact) mass is 258 g/mol. The molecule has 0 aliphatic heterocycles. The fraction of sp³-hybridized carbons (Fsp3) is 0.692. The molecule has 0 saturated carbocycles. The molecule has 0 rings (SSSR count). The lowest BCUT2D eigenvalue weighted by molar-refractivity contribution is -0.152. The van der Waals surface area contributed by atoms with E-state index in [9.17, 15) is 14.7 Å². The van der Waals surface area contributed by atoms with Crippen molar-refractivity contribution in [3.05, 3.63) is 11.6 Å². The average molecular weight is 258 g/mol. The van der Waals surface area contributed by atoms with Crippen LogP contribution in [-0.2, 0) is 9.59 Å². The molecule has 3 atom stereocenters. The quantitative estimate of drug-likeness (QED) is 0.446. The molecular weight excluding hydrogens is 236 g/mol. The SMILES string of the molecule is CC(C)=CCCC(C)C(C(=O)O)C(=O)C(O)CO. The summed E-state index contributed by atoms with van der Waals surface area (Å²) in [5, 5.41) is 27.0. The molecule has 0 amide bonds. The zero-order valence-corrected chi connectivity index (χ0v) is 11.1. The molecule has 104 valence electrons. The maximum Gasteiger partial charge on any atom is 0.314 e. The molecule has 0 bridgehead atoms. The maximum absolute atomic E-state index is 11.6. The van der Waals surface area contributed by atoms with E-state index < -0.39 is 30.4 Å². The summed E-state index contributed by atoms with van der Waals surface area (Å²) >= 11 is 0. The van der Waals surface area contributed by atoms with Crippen LogP contribution in [0.4, 0.5) is 0 Å². The number of aliphatic hydroxyl groups excluding tert-OH is 2. The number of carboxylic acid groups (broad SMARTS) is 1. The number of aliphatic carboxylic acids is 1. The second kappa shape index (κ2) is 8.00. The van der Waals surface area contributed by atoms with Gasteiger partial charge in [-0.25, -0.2) is 0 Å². The Hall–Kier alpha value is -1.20. The molecule has 0 radical (unpaired) electrons. The van der Waals surface area contributed by atoms with Crippen LogP contribution >= 0.6 is 0 Å². The Morgan fingerprint density at radius 1 is 1.28 bits per heavy atom. The van der Waals surface area contributed by atoms with Gasteiger partial charge in [-0.2, -0.15) is 0 Å². The molecule has 5 nitrogen and oxygen atoms in total. The minimum Gasteiger partial charge on any atom is -0.481 e. The Morgan fingerprint density at radius 2 is 1.83 bits per heavy atom. The van der Waals surface area contributed by atoms with E-state index in [-0.39, 0.29) is 5.92 Å². The Bertz CT molecular complexity index is 317. The number of Topliss-reactive ketones (excluding diaryl/α,β-unsaturated/α-hetero) is 1. The van der Waals surface area contributed by atoms with Gasteiger partial charge in [0, 0.05) is 0 Å². The van der Waals surface area contributed by atoms with Crippen LogP contribution in [0.1, 0.15) is 33.6 Å². The van der Waals surface area contributed by atoms with Crippen molar-refractivity contribution in [2.75, 3.05) is 6.61 Å². The van der Waals surface area contributed by atoms with Crippen LogP contribution in [0.25, 0.3) is 0 Å². The number of allylic oxidation sites excluding steroid dienone is 2. The van der Waals surface area contributed by atoms with Crippen molar-refractivity contribution in [3.8, 4) is 0 Å². The van der Waals surface area contributed by atoms with Crippen LogP contribution in [0, 0.1) is 11.8 Å². The molecule has 0 aromatic carbocycles. The summed E-state index contributed by atoms with van der Waals surface area (Å²) in [7, 11) is 0. The molecular formula is C13H22O5. The Kier molecular flexibility index (Phi) is 7.47. The highest BCUT2D eigenvalue weighted by atomic mass is 16.4. The highest BCUT2D eigenvalue weighted by molar-refractivity contribution is 6.00. The lowest BCUT2D eigenvalue weighted by atomic mass is 9.84. The number of aliphatic hydroxyl groups is 2. The summed E-state index contributed by atoms with van der Waals surface area (Å²) in [5.41, 5.74) is 1.13. The minimum absolute atomic E-state index is 0.383. The van der Waals surface area contributed by atoms with E-state index in [2.05, 4.69) is 0 Å². The van der Waals surface area contributed by atoms with E-state index in [0.717, 1.165) is 5.57 Å². The Balaban J connectivity index is 4.65. The minimum atomic E-state index is -1.61. The first-order valence-electron chi connectivity index (χ1n) is 6.00. The molecule has 0 heterocycles. The van der Waals surface area contributed by atoms with E-state index in [1.807, 2.05) is 19.9 Å². The third kappa shape index (κ3) is 5.42. The molecule has 3 N–H and O–H groups in total. The van der Waals surface area contributed by atoms with Crippen LogP contribution in [0.5, 0.6) is 0 Å². The van der Waals surface area contributed by atoms with Gasteiger partial charge >= 0.3 is 5.97 Å². The van der Waals surface area contributed by atoms with E-state index >= 15 is 0 Å². The van der Waals surface area contributed by atoms with E-state index in [1.54, 1.807) is 6.92 Å². The van der Waals surface area contributed by atoms with Gasteiger partial charge in [0.25, 0.3) is 0 Å². The highest BCUT2D eigenvalue weighted by Gasteiger charge is 2.35. The molecule has 18 heavy (non-hydrogen) atoms. The summed E-state index contributed by atoms with van der Waals surface area (Å²) in [6, 6.07) is 0. The molecule has 0 aromatic rings.